The van der Waals surface area contributed by atoms with Crippen molar-refractivity contribution < 1.29 is 19.6 Å². The van der Waals surface area contributed by atoms with Gasteiger partial charge in [0.1, 0.15) is 11.4 Å². The van der Waals surface area contributed by atoms with Crippen molar-refractivity contribution in [3.63, 3.8) is 0 Å². The van der Waals surface area contributed by atoms with Crippen LogP contribution in [0.4, 0.5) is 4.79 Å². The fourth-order valence-electron chi connectivity index (χ4n) is 1.88. The van der Waals surface area contributed by atoms with Crippen LogP contribution in [-0.2, 0) is 4.74 Å². The maximum atomic E-state index is 12.3. The van der Waals surface area contributed by atoms with Crippen molar-refractivity contribution in [1.82, 2.24) is 14.8 Å². The predicted molar refractivity (Wildman–Crippen MR) is 81.7 cm³/mol. The first-order valence-electron chi connectivity index (χ1n) is 6.81. The number of nitrogens with zero attached hydrogens (tertiary/aromatic N) is 3. The Morgan fingerprint density at radius 2 is 1.77 bits per heavy atom. The molecule has 0 radical (unpaired) electrons. The molecule has 0 aliphatic heterocycles. The first-order valence-corrected chi connectivity index (χ1v) is 6.81. The van der Waals surface area contributed by atoms with Crippen LogP contribution in [-0.4, -0.2) is 43.6 Å². The number of benzene rings is 1. The van der Waals surface area contributed by atoms with Gasteiger partial charge in [-0.3, -0.25) is 0 Å². The average Bonchev–Trinajstić information content (AvgIpc) is 2.79. The van der Waals surface area contributed by atoms with Crippen molar-refractivity contribution in [3.8, 4) is 11.4 Å². The minimum absolute atomic E-state index is 0.339. The van der Waals surface area contributed by atoms with Gasteiger partial charge in [0.15, 0.2) is 5.82 Å². The SMILES string of the molecule is Cc1nnc(-c2ccc(B(O)O)cc2)n1C(=O)OC(C)(C)C. The van der Waals surface area contributed by atoms with Crippen molar-refractivity contribution in [2.24, 2.45) is 0 Å². The quantitative estimate of drug-likeness (QED) is 0.793. The molecule has 0 saturated carbocycles. The topological polar surface area (TPSA) is 97.5 Å². The highest BCUT2D eigenvalue weighted by Crippen LogP contribution is 2.19. The molecule has 2 N–H and O–H groups in total. The summed E-state index contributed by atoms with van der Waals surface area (Å²) >= 11 is 0. The van der Waals surface area contributed by atoms with Gasteiger partial charge in [-0.15, -0.1) is 10.2 Å². The molecule has 1 aromatic carbocycles. The Kier molecular flexibility index (Phi) is 4.34. The Balaban J connectivity index is 2.39. The van der Waals surface area contributed by atoms with Crippen molar-refractivity contribution in [2.75, 3.05) is 0 Å². The largest absolute Gasteiger partial charge is 0.488 e. The lowest BCUT2D eigenvalue weighted by molar-refractivity contribution is 0.0536. The molecular weight excluding hydrogens is 285 g/mol. The number of hydrogen-bond acceptors (Lipinski definition) is 6. The number of rotatable bonds is 2. The lowest BCUT2D eigenvalue weighted by Gasteiger charge is -2.20. The molecule has 22 heavy (non-hydrogen) atoms. The van der Waals surface area contributed by atoms with E-state index in [4.69, 9.17) is 14.8 Å². The standard InChI is InChI=1S/C14H18BN3O4/c1-9-16-17-12(18(9)13(19)22-14(2,3)4)10-5-7-11(8-6-10)15(20)21/h5-8,20-21H,1-4H3. The normalized spacial score (nSPS) is 11.4. The van der Waals surface area contributed by atoms with E-state index in [1.54, 1.807) is 52.0 Å². The van der Waals surface area contributed by atoms with Gasteiger partial charge in [0.25, 0.3) is 0 Å². The molecule has 0 atom stereocenters. The second-order valence-electron chi connectivity index (χ2n) is 5.88. The van der Waals surface area contributed by atoms with Gasteiger partial charge in [0.2, 0.25) is 0 Å². The molecule has 0 amide bonds. The number of ether oxygens (including phenoxy) is 1. The fraction of sp³-hybridized carbons (Fsp3) is 0.357. The summed E-state index contributed by atoms with van der Waals surface area (Å²) in [5.41, 5.74) is 0.343. The zero-order valence-corrected chi connectivity index (χ0v) is 12.9. The van der Waals surface area contributed by atoms with E-state index in [1.165, 1.54) is 4.57 Å². The molecule has 116 valence electrons. The smallest absolute Gasteiger partial charge is 0.443 e. The van der Waals surface area contributed by atoms with E-state index in [-0.39, 0.29) is 0 Å². The minimum atomic E-state index is -1.54. The fourth-order valence-corrected chi connectivity index (χ4v) is 1.88. The summed E-state index contributed by atoms with van der Waals surface area (Å²) in [6, 6.07) is 6.37. The van der Waals surface area contributed by atoms with Crippen LogP contribution in [0.5, 0.6) is 0 Å². The molecule has 0 aliphatic carbocycles. The second-order valence-corrected chi connectivity index (χ2v) is 5.88. The van der Waals surface area contributed by atoms with Crippen molar-refractivity contribution in [1.29, 1.82) is 0 Å². The van der Waals surface area contributed by atoms with Crippen LogP contribution in [0.3, 0.4) is 0 Å². The van der Waals surface area contributed by atoms with Gasteiger partial charge < -0.3 is 14.8 Å². The van der Waals surface area contributed by atoms with Crippen LogP contribution < -0.4 is 5.46 Å². The van der Waals surface area contributed by atoms with E-state index in [2.05, 4.69) is 10.2 Å². The van der Waals surface area contributed by atoms with E-state index >= 15 is 0 Å². The number of aromatic nitrogens is 3. The highest BCUT2D eigenvalue weighted by molar-refractivity contribution is 6.58. The molecule has 7 nitrogen and oxygen atoms in total. The monoisotopic (exact) mass is 303 g/mol. The Morgan fingerprint density at radius 1 is 1.18 bits per heavy atom. The summed E-state index contributed by atoms with van der Waals surface area (Å²) in [4.78, 5) is 12.3. The van der Waals surface area contributed by atoms with E-state index in [0.717, 1.165) is 0 Å². The summed E-state index contributed by atoms with van der Waals surface area (Å²) in [7, 11) is -1.54. The van der Waals surface area contributed by atoms with Crippen LogP contribution in [0.1, 0.15) is 26.6 Å². The van der Waals surface area contributed by atoms with E-state index in [0.29, 0.717) is 22.7 Å². The highest BCUT2D eigenvalue weighted by Gasteiger charge is 2.23. The average molecular weight is 303 g/mol. The van der Waals surface area contributed by atoms with Crippen molar-refractivity contribution >= 4 is 18.7 Å². The highest BCUT2D eigenvalue weighted by atomic mass is 16.6. The van der Waals surface area contributed by atoms with Crippen LogP contribution in [0.2, 0.25) is 0 Å². The summed E-state index contributed by atoms with van der Waals surface area (Å²) in [6.07, 6.45) is -0.559. The molecule has 1 aromatic heterocycles. The zero-order valence-electron chi connectivity index (χ0n) is 12.9. The van der Waals surface area contributed by atoms with Gasteiger partial charge in [-0.25, -0.2) is 9.36 Å². The lowest BCUT2D eigenvalue weighted by Crippen LogP contribution is -2.29. The molecule has 2 aromatic rings. The number of carbonyl (C=O) groups is 1. The summed E-state index contributed by atoms with van der Waals surface area (Å²) < 4.78 is 6.64. The summed E-state index contributed by atoms with van der Waals surface area (Å²) in [6.45, 7) is 7.00. The molecule has 0 spiro atoms. The van der Waals surface area contributed by atoms with Gasteiger partial charge in [0, 0.05) is 5.56 Å². The minimum Gasteiger partial charge on any atom is -0.443 e. The van der Waals surface area contributed by atoms with Gasteiger partial charge in [-0.1, -0.05) is 24.3 Å². The Labute approximate surface area is 128 Å². The molecule has 1 heterocycles. The van der Waals surface area contributed by atoms with Crippen LogP contribution in [0.15, 0.2) is 24.3 Å². The zero-order chi connectivity index (χ0) is 16.5. The van der Waals surface area contributed by atoms with Crippen molar-refractivity contribution in [3.05, 3.63) is 30.1 Å². The molecule has 0 saturated heterocycles. The molecular formula is C14H18BN3O4. The summed E-state index contributed by atoms with van der Waals surface area (Å²) in [5, 5.41) is 26.1. The first kappa shape index (κ1) is 16.2. The van der Waals surface area contributed by atoms with Gasteiger partial charge in [0.05, 0.1) is 0 Å². The number of hydrogen-bond donors (Lipinski definition) is 2. The molecule has 0 unspecified atom stereocenters. The van der Waals surface area contributed by atoms with E-state index in [9.17, 15) is 4.79 Å². The Morgan fingerprint density at radius 3 is 2.27 bits per heavy atom. The van der Waals surface area contributed by atoms with Gasteiger partial charge in [-0.05, 0) is 33.2 Å². The third-order valence-corrected chi connectivity index (χ3v) is 2.87. The number of aryl methyl sites for hydroxylation is 1. The third-order valence-electron chi connectivity index (χ3n) is 2.87. The molecule has 2 rings (SSSR count). The van der Waals surface area contributed by atoms with Crippen LogP contribution in [0.25, 0.3) is 11.4 Å². The molecule has 0 bridgehead atoms. The Bertz CT molecular complexity index is 674. The Hall–Kier alpha value is -2.19. The van der Waals surface area contributed by atoms with E-state index in [1.807, 2.05) is 0 Å². The first-order chi connectivity index (χ1) is 10.2. The lowest BCUT2D eigenvalue weighted by atomic mass is 9.80. The van der Waals surface area contributed by atoms with Crippen LogP contribution >= 0.6 is 0 Å². The summed E-state index contributed by atoms with van der Waals surface area (Å²) in [5.74, 6) is 0.751. The number of carbonyl (C=O) groups excluding carboxylic acids is 1. The van der Waals surface area contributed by atoms with E-state index < -0.39 is 18.8 Å². The molecule has 8 heteroatoms. The van der Waals surface area contributed by atoms with Gasteiger partial charge in [-0.2, -0.15) is 0 Å². The molecule has 0 fully saturated rings. The second kappa shape index (κ2) is 5.90. The third kappa shape index (κ3) is 3.52. The maximum Gasteiger partial charge on any atom is 0.488 e. The molecule has 0 aliphatic rings. The predicted octanol–water partition coefficient (Wildman–Crippen LogP) is 0.717. The maximum absolute atomic E-state index is 12.3. The van der Waals surface area contributed by atoms with Gasteiger partial charge >= 0.3 is 13.2 Å². The van der Waals surface area contributed by atoms with Crippen LogP contribution in [0, 0.1) is 6.92 Å². The van der Waals surface area contributed by atoms with Crippen molar-refractivity contribution in [2.45, 2.75) is 33.3 Å².